The summed E-state index contributed by atoms with van der Waals surface area (Å²) in [5, 5.41) is 4.67. The van der Waals surface area contributed by atoms with Crippen LogP contribution in [0.2, 0.25) is 5.02 Å². The molecular formula is C10H10BrClN2O3S. The van der Waals surface area contributed by atoms with Crippen molar-refractivity contribution in [2.24, 2.45) is 5.14 Å². The number of halogens is 2. The van der Waals surface area contributed by atoms with Crippen LogP contribution in [-0.2, 0) is 14.8 Å². The number of nitrogens with two attached hydrogens (primary N) is 1. The summed E-state index contributed by atoms with van der Waals surface area (Å²) in [4.78, 5) is 13.2. The molecule has 98 valence electrons. The van der Waals surface area contributed by atoms with Crippen molar-refractivity contribution in [3.63, 3.8) is 0 Å². The molecule has 0 aliphatic carbocycles. The standard InChI is InChI=1S/C10H10BrClN2O3S/c11-8-2-1-6(12)3-9(8)14-5-7(4-10(14)15)18(13,16)17/h1-3,7H,4-5H2,(H2,13,16,17). The fraction of sp³-hybridized carbons (Fsp3) is 0.300. The number of carbonyl (C=O) groups excluding carboxylic acids is 1. The van der Waals surface area contributed by atoms with Crippen molar-refractivity contribution in [3.8, 4) is 0 Å². The first-order chi connectivity index (χ1) is 8.29. The third-order valence-corrected chi connectivity index (χ3v) is 4.90. The van der Waals surface area contributed by atoms with Crippen LogP contribution in [0.15, 0.2) is 22.7 Å². The summed E-state index contributed by atoms with van der Waals surface area (Å²) in [6, 6.07) is 4.98. The second-order valence-electron chi connectivity index (χ2n) is 4.02. The minimum atomic E-state index is -3.71. The van der Waals surface area contributed by atoms with Crippen molar-refractivity contribution in [1.82, 2.24) is 0 Å². The summed E-state index contributed by atoms with van der Waals surface area (Å²) < 4.78 is 23.2. The molecule has 0 aromatic heterocycles. The van der Waals surface area contributed by atoms with E-state index in [1.54, 1.807) is 18.2 Å². The summed E-state index contributed by atoms with van der Waals surface area (Å²) in [7, 11) is -3.71. The molecule has 1 aromatic carbocycles. The average molecular weight is 354 g/mol. The number of nitrogens with zero attached hydrogens (tertiary/aromatic N) is 1. The van der Waals surface area contributed by atoms with E-state index in [0.29, 0.717) is 15.2 Å². The number of amides is 1. The second kappa shape index (κ2) is 4.80. The van der Waals surface area contributed by atoms with E-state index in [-0.39, 0.29) is 18.9 Å². The minimum absolute atomic E-state index is 0.0522. The van der Waals surface area contributed by atoms with E-state index in [9.17, 15) is 13.2 Å². The van der Waals surface area contributed by atoms with Gasteiger partial charge in [0.1, 0.15) is 5.25 Å². The Hall–Kier alpha value is -0.630. The van der Waals surface area contributed by atoms with Gasteiger partial charge in [0.05, 0.1) is 5.69 Å². The first-order valence-corrected chi connectivity index (χ1v) is 7.84. The number of sulfonamides is 1. The molecular weight excluding hydrogens is 344 g/mol. The number of benzene rings is 1. The lowest BCUT2D eigenvalue weighted by molar-refractivity contribution is -0.117. The maximum absolute atomic E-state index is 11.8. The molecule has 1 heterocycles. The van der Waals surface area contributed by atoms with Gasteiger partial charge < -0.3 is 4.90 Å². The largest absolute Gasteiger partial charge is 0.310 e. The quantitative estimate of drug-likeness (QED) is 0.875. The number of hydrogen-bond donors (Lipinski definition) is 1. The summed E-state index contributed by atoms with van der Waals surface area (Å²) in [5.41, 5.74) is 0.554. The predicted octanol–water partition coefficient (Wildman–Crippen LogP) is 1.50. The minimum Gasteiger partial charge on any atom is -0.310 e. The van der Waals surface area contributed by atoms with Crippen LogP contribution in [0.4, 0.5) is 5.69 Å². The molecule has 1 aliphatic heterocycles. The van der Waals surface area contributed by atoms with Crippen molar-refractivity contribution in [1.29, 1.82) is 0 Å². The molecule has 0 bridgehead atoms. The third kappa shape index (κ3) is 2.69. The molecule has 18 heavy (non-hydrogen) atoms. The highest BCUT2D eigenvalue weighted by Gasteiger charge is 2.37. The van der Waals surface area contributed by atoms with Gasteiger partial charge in [-0.3, -0.25) is 4.79 Å². The Kier molecular flexibility index (Phi) is 3.68. The van der Waals surface area contributed by atoms with Gasteiger partial charge in [0.25, 0.3) is 0 Å². The van der Waals surface area contributed by atoms with E-state index < -0.39 is 15.3 Å². The van der Waals surface area contributed by atoms with Crippen LogP contribution in [0.25, 0.3) is 0 Å². The molecule has 8 heteroatoms. The summed E-state index contributed by atoms with van der Waals surface area (Å²) in [6.07, 6.45) is -0.0994. The van der Waals surface area contributed by atoms with Crippen LogP contribution >= 0.6 is 27.5 Å². The van der Waals surface area contributed by atoms with Crippen molar-refractivity contribution in [2.45, 2.75) is 11.7 Å². The maximum atomic E-state index is 11.8. The molecule has 1 aromatic rings. The van der Waals surface area contributed by atoms with Crippen molar-refractivity contribution >= 4 is 49.1 Å². The van der Waals surface area contributed by atoms with Crippen LogP contribution in [0.5, 0.6) is 0 Å². The Balaban J connectivity index is 2.35. The molecule has 0 spiro atoms. The highest BCUT2D eigenvalue weighted by molar-refractivity contribution is 9.10. The van der Waals surface area contributed by atoms with Crippen LogP contribution in [0.3, 0.4) is 0 Å². The van der Waals surface area contributed by atoms with Gasteiger partial charge in [-0.1, -0.05) is 11.6 Å². The van der Waals surface area contributed by atoms with Gasteiger partial charge in [0.2, 0.25) is 15.9 Å². The topological polar surface area (TPSA) is 80.5 Å². The SMILES string of the molecule is NS(=O)(=O)C1CC(=O)N(c2cc(Cl)ccc2Br)C1. The van der Waals surface area contributed by atoms with Gasteiger partial charge in [-0.25, -0.2) is 13.6 Å². The normalized spacial score (nSPS) is 20.5. The number of rotatable bonds is 2. The van der Waals surface area contributed by atoms with E-state index in [4.69, 9.17) is 16.7 Å². The number of hydrogen-bond acceptors (Lipinski definition) is 3. The number of primary sulfonamides is 1. The molecule has 1 aliphatic rings. The fourth-order valence-corrected chi connectivity index (χ4v) is 3.18. The van der Waals surface area contributed by atoms with Crippen LogP contribution in [0.1, 0.15) is 6.42 Å². The van der Waals surface area contributed by atoms with Gasteiger partial charge in [0, 0.05) is 22.5 Å². The Morgan fingerprint density at radius 1 is 1.44 bits per heavy atom. The zero-order valence-electron chi connectivity index (χ0n) is 9.14. The number of anilines is 1. The molecule has 0 saturated carbocycles. The lowest BCUT2D eigenvalue weighted by Gasteiger charge is -2.18. The summed E-state index contributed by atoms with van der Waals surface area (Å²) in [5.74, 6) is -0.281. The van der Waals surface area contributed by atoms with Gasteiger partial charge >= 0.3 is 0 Å². The molecule has 5 nitrogen and oxygen atoms in total. The lowest BCUT2D eigenvalue weighted by atomic mass is 10.3. The lowest BCUT2D eigenvalue weighted by Crippen LogP contribution is -2.32. The molecule has 0 radical (unpaired) electrons. The highest BCUT2D eigenvalue weighted by Crippen LogP contribution is 2.33. The summed E-state index contributed by atoms with van der Waals surface area (Å²) >= 11 is 9.17. The molecule has 1 atom stereocenters. The number of carbonyl (C=O) groups is 1. The Bertz CT molecular complexity index is 605. The Morgan fingerprint density at radius 3 is 2.67 bits per heavy atom. The van der Waals surface area contributed by atoms with E-state index in [1.807, 2.05) is 0 Å². The zero-order valence-corrected chi connectivity index (χ0v) is 12.3. The van der Waals surface area contributed by atoms with Crippen molar-refractivity contribution in [2.75, 3.05) is 11.4 Å². The zero-order chi connectivity index (χ0) is 13.5. The smallest absolute Gasteiger partial charge is 0.228 e. The first kappa shape index (κ1) is 13.8. The second-order valence-corrected chi connectivity index (χ2v) is 7.15. The van der Waals surface area contributed by atoms with Gasteiger partial charge in [-0.2, -0.15) is 0 Å². The fourth-order valence-electron chi connectivity index (χ4n) is 1.82. The molecule has 1 amide bonds. The third-order valence-electron chi connectivity index (χ3n) is 2.75. The Labute approximate surface area is 118 Å². The van der Waals surface area contributed by atoms with E-state index in [0.717, 1.165) is 0 Å². The molecule has 2 rings (SSSR count). The maximum Gasteiger partial charge on any atom is 0.228 e. The van der Waals surface area contributed by atoms with Gasteiger partial charge in [0.15, 0.2) is 0 Å². The molecule has 2 N–H and O–H groups in total. The molecule has 1 saturated heterocycles. The van der Waals surface area contributed by atoms with Crippen LogP contribution in [0, 0.1) is 0 Å². The highest BCUT2D eigenvalue weighted by atomic mass is 79.9. The Morgan fingerprint density at radius 2 is 2.11 bits per heavy atom. The van der Waals surface area contributed by atoms with Crippen LogP contribution < -0.4 is 10.0 Å². The average Bonchev–Trinajstić information content (AvgIpc) is 2.64. The van der Waals surface area contributed by atoms with E-state index >= 15 is 0 Å². The predicted molar refractivity (Wildman–Crippen MR) is 73.0 cm³/mol. The monoisotopic (exact) mass is 352 g/mol. The molecule has 1 fully saturated rings. The summed E-state index contributed by atoms with van der Waals surface area (Å²) in [6.45, 7) is 0.0522. The van der Waals surface area contributed by atoms with E-state index in [2.05, 4.69) is 15.9 Å². The van der Waals surface area contributed by atoms with E-state index in [1.165, 1.54) is 4.90 Å². The van der Waals surface area contributed by atoms with Gasteiger partial charge in [-0.05, 0) is 34.1 Å². The first-order valence-electron chi connectivity index (χ1n) is 5.06. The van der Waals surface area contributed by atoms with Crippen molar-refractivity contribution < 1.29 is 13.2 Å². The van der Waals surface area contributed by atoms with Crippen molar-refractivity contribution in [3.05, 3.63) is 27.7 Å². The molecule has 1 unspecified atom stereocenters. The van der Waals surface area contributed by atoms with Crippen LogP contribution in [-0.4, -0.2) is 26.1 Å². The van der Waals surface area contributed by atoms with Gasteiger partial charge in [-0.15, -0.1) is 0 Å².